The summed E-state index contributed by atoms with van der Waals surface area (Å²) >= 11 is 0. The van der Waals surface area contributed by atoms with E-state index in [1.165, 1.54) is 0 Å². The highest BCUT2D eigenvalue weighted by atomic mass is 16.2. The summed E-state index contributed by atoms with van der Waals surface area (Å²) in [4.78, 5) is 73.2. The summed E-state index contributed by atoms with van der Waals surface area (Å²) in [6.07, 6.45) is 5.29. The highest BCUT2D eigenvalue weighted by molar-refractivity contribution is 6.06. The minimum atomic E-state index is -0.620. The van der Waals surface area contributed by atoms with Crippen LogP contribution in [0.5, 0.6) is 0 Å². The van der Waals surface area contributed by atoms with Crippen LogP contribution in [-0.2, 0) is 40.4 Å². The van der Waals surface area contributed by atoms with E-state index in [0.29, 0.717) is 43.5 Å². The van der Waals surface area contributed by atoms with Crippen LogP contribution < -0.4 is 15.1 Å². The van der Waals surface area contributed by atoms with Gasteiger partial charge in [0.05, 0.1) is 23.6 Å². The van der Waals surface area contributed by atoms with Gasteiger partial charge in [-0.3, -0.25) is 29.5 Å². The Kier molecular flexibility index (Phi) is 8.15. The van der Waals surface area contributed by atoms with Crippen LogP contribution in [0.2, 0.25) is 0 Å². The van der Waals surface area contributed by atoms with E-state index in [-0.39, 0.29) is 30.0 Å². The Balaban J connectivity index is 0.829. The number of imidazole rings is 1. The maximum absolute atomic E-state index is 13.4. The van der Waals surface area contributed by atoms with E-state index in [1.807, 2.05) is 29.4 Å². The lowest BCUT2D eigenvalue weighted by Crippen LogP contribution is -2.52. The summed E-state index contributed by atoms with van der Waals surface area (Å²) in [5, 5.41) is 4.50. The molecule has 3 saturated heterocycles. The van der Waals surface area contributed by atoms with Crippen LogP contribution in [0.1, 0.15) is 54.1 Å². The van der Waals surface area contributed by atoms with Crippen molar-refractivity contribution in [1.82, 2.24) is 34.6 Å². The van der Waals surface area contributed by atoms with E-state index in [4.69, 9.17) is 15.0 Å². The molecule has 4 amide bonds. The fourth-order valence-corrected chi connectivity index (χ4v) is 9.70. The molecule has 5 aliphatic rings. The zero-order valence-corrected chi connectivity index (χ0v) is 31.6. The topological polar surface area (TPSA) is 137 Å². The molecule has 0 bridgehead atoms. The van der Waals surface area contributed by atoms with Crippen molar-refractivity contribution in [3.63, 3.8) is 0 Å². The molecule has 13 nitrogen and oxygen atoms in total. The number of nitrogens with one attached hydrogen (secondary N) is 1. The maximum Gasteiger partial charge on any atom is 0.255 e. The number of hydrogen-bond donors (Lipinski definition) is 1. The Morgan fingerprint density at radius 2 is 1.66 bits per heavy atom. The Labute approximate surface area is 324 Å². The van der Waals surface area contributed by atoms with Gasteiger partial charge in [0.25, 0.3) is 5.91 Å². The number of rotatable bonds is 6. The third-order valence-corrected chi connectivity index (χ3v) is 12.6. The van der Waals surface area contributed by atoms with Crippen LogP contribution in [0.4, 0.5) is 11.5 Å². The number of hydrogen-bond acceptors (Lipinski definition) is 9. The number of carbonyl (C=O) groups excluding carboxylic acids is 4. The Morgan fingerprint density at radius 1 is 0.875 bits per heavy atom. The predicted octanol–water partition coefficient (Wildman–Crippen LogP) is 4.42. The lowest BCUT2D eigenvalue weighted by atomic mass is 10.0. The maximum atomic E-state index is 13.4. The van der Waals surface area contributed by atoms with Crippen molar-refractivity contribution < 1.29 is 19.2 Å². The van der Waals surface area contributed by atoms with Crippen LogP contribution in [-0.4, -0.2) is 91.7 Å². The number of piperidine rings is 1. The first-order valence-electron chi connectivity index (χ1n) is 19.7. The molecule has 1 unspecified atom stereocenters. The minimum Gasteiger partial charge on any atom is -0.371 e. The van der Waals surface area contributed by atoms with Gasteiger partial charge in [-0.15, -0.1) is 0 Å². The van der Waals surface area contributed by atoms with Gasteiger partial charge in [-0.25, -0.2) is 9.97 Å². The van der Waals surface area contributed by atoms with Gasteiger partial charge in [0.1, 0.15) is 17.7 Å². The van der Waals surface area contributed by atoms with Crippen molar-refractivity contribution in [2.45, 2.75) is 58.8 Å². The van der Waals surface area contributed by atoms with Gasteiger partial charge >= 0.3 is 0 Å². The van der Waals surface area contributed by atoms with Crippen molar-refractivity contribution >= 4 is 45.9 Å². The van der Waals surface area contributed by atoms with E-state index in [0.717, 1.165) is 101 Å². The summed E-state index contributed by atoms with van der Waals surface area (Å²) in [5.41, 5.74) is 7.54. The van der Waals surface area contributed by atoms with Gasteiger partial charge in [-0.1, -0.05) is 31.2 Å². The molecule has 0 saturated carbocycles. The minimum absolute atomic E-state index is 0.0813. The molecule has 2 aromatic carbocycles. The van der Waals surface area contributed by atoms with Crippen LogP contribution in [0, 0.1) is 11.8 Å². The smallest absolute Gasteiger partial charge is 0.255 e. The number of amides is 4. The first kappa shape index (κ1) is 34.4. The molecule has 8 heterocycles. The molecule has 3 fully saturated rings. The van der Waals surface area contributed by atoms with Gasteiger partial charge in [0.15, 0.2) is 0 Å². The Morgan fingerprint density at radius 3 is 2.41 bits per heavy atom. The number of pyridine rings is 2. The molecule has 0 spiro atoms. The average molecular weight is 750 g/mol. The third kappa shape index (κ3) is 5.62. The molecule has 0 aliphatic carbocycles. The van der Waals surface area contributed by atoms with Crippen molar-refractivity contribution in [1.29, 1.82) is 0 Å². The van der Waals surface area contributed by atoms with Gasteiger partial charge in [0, 0.05) is 123 Å². The molecule has 0 radical (unpaired) electrons. The number of carbonyl (C=O) groups is 4. The van der Waals surface area contributed by atoms with Gasteiger partial charge in [-0.2, -0.15) is 0 Å². The van der Waals surface area contributed by atoms with Crippen LogP contribution >= 0.6 is 0 Å². The van der Waals surface area contributed by atoms with Crippen LogP contribution in [0.15, 0.2) is 67.0 Å². The van der Waals surface area contributed by atoms with Gasteiger partial charge < -0.3 is 24.2 Å². The molecule has 13 heteroatoms. The Bertz CT molecular complexity index is 2450. The molecule has 56 heavy (non-hydrogen) atoms. The molecule has 1 N–H and O–H groups in total. The zero-order valence-electron chi connectivity index (χ0n) is 31.6. The van der Waals surface area contributed by atoms with E-state index in [2.05, 4.69) is 69.1 Å². The molecule has 5 aromatic rings. The normalized spacial score (nSPS) is 21.8. The molecular formula is C43H43N9O4. The van der Waals surface area contributed by atoms with Crippen molar-refractivity contribution in [3.05, 3.63) is 89.6 Å². The molecule has 5 aliphatic heterocycles. The second-order valence-corrected chi connectivity index (χ2v) is 15.8. The number of anilines is 2. The highest BCUT2D eigenvalue weighted by Crippen LogP contribution is 2.41. The summed E-state index contributed by atoms with van der Waals surface area (Å²) in [7, 11) is 0. The SMILES string of the molecule is CCc1nc(-c2cccc3cc(-c4ccc(N5C[C@@H]6CN(c7cccc8c7CN(C7CCC(=O)NC7=O)C8=O)C[C@@H]6C5)nc4)ncc23)c2n1CCN(C(C)=O)C2. The first-order valence-corrected chi connectivity index (χ1v) is 19.7. The summed E-state index contributed by atoms with van der Waals surface area (Å²) < 4.78 is 2.28. The van der Waals surface area contributed by atoms with Crippen molar-refractivity contribution in [2.75, 3.05) is 42.5 Å². The standard InChI is InChI=1S/C43H43N9O4/c1-3-38-46-41(37-24-48(25(2)53)14-15-51(37)38)30-7-4-6-26-16-34(44-18-32(26)30)27-10-12-39(45-17-27)50-21-28-19-49(20-29(28)22-50)35-9-5-8-31-33(35)23-52(43(31)56)36-11-13-40(54)47-42(36)55/h4-10,12,16-18,28-29,36H,3,11,13-15,19-24H2,1-2H3,(H,47,54,55)/t28-,29+,36?. The first-order chi connectivity index (χ1) is 27.2. The number of aromatic nitrogens is 4. The average Bonchev–Trinajstić information content (AvgIpc) is 3.98. The second-order valence-electron chi connectivity index (χ2n) is 15.8. The highest BCUT2D eigenvalue weighted by Gasteiger charge is 2.44. The quantitative estimate of drug-likeness (QED) is 0.250. The number of aryl methyl sites for hydroxylation is 1. The van der Waals surface area contributed by atoms with Gasteiger partial charge in [0.2, 0.25) is 17.7 Å². The lowest BCUT2D eigenvalue weighted by Gasteiger charge is -2.29. The largest absolute Gasteiger partial charge is 0.371 e. The summed E-state index contributed by atoms with van der Waals surface area (Å²) in [5.74, 6) is 2.21. The van der Waals surface area contributed by atoms with Crippen LogP contribution in [0.3, 0.4) is 0 Å². The number of imide groups is 1. The summed E-state index contributed by atoms with van der Waals surface area (Å²) in [6.45, 7) is 9.74. The number of fused-ring (bicyclic) bond motifs is 4. The van der Waals surface area contributed by atoms with Crippen molar-refractivity contribution in [3.8, 4) is 22.5 Å². The zero-order chi connectivity index (χ0) is 38.2. The molecule has 3 aromatic heterocycles. The predicted molar refractivity (Wildman–Crippen MR) is 211 cm³/mol. The van der Waals surface area contributed by atoms with Crippen molar-refractivity contribution in [2.24, 2.45) is 11.8 Å². The summed E-state index contributed by atoms with van der Waals surface area (Å²) in [6, 6.07) is 17.9. The Hall–Kier alpha value is -6.11. The second kappa shape index (κ2) is 13.3. The monoisotopic (exact) mass is 749 g/mol. The van der Waals surface area contributed by atoms with E-state index < -0.39 is 6.04 Å². The van der Waals surface area contributed by atoms with E-state index >= 15 is 0 Å². The number of nitrogens with zero attached hydrogens (tertiary/aromatic N) is 8. The lowest BCUT2D eigenvalue weighted by molar-refractivity contribution is -0.137. The van der Waals surface area contributed by atoms with E-state index in [9.17, 15) is 19.2 Å². The van der Waals surface area contributed by atoms with Crippen LogP contribution in [0.25, 0.3) is 33.3 Å². The molecule has 10 rings (SSSR count). The van der Waals surface area contributed by atoms with Gasteiger partial charge in [-0.05, 0) is 42.1 Å². The molecule has 3 atom stereocenters. The molecule has 284 valence electrons. The molecular weight excluding hydrogens is 707 g/mol. The van der Waals surface area contributed by atoms with E-state index in [1.54, 1.807) is 11.8 Å². The number of benzene rings is 2. The fraction of sp³-hybridized carbons (Fsp3) is 0.372. The third-order valence-electron chi connectivity index (χ3n) is 12.6. The fourth-order valence-electron chi connectivity index (χ4n) is 9.70.